The second-order valence-electron chi connectivity index (χ2n) is 6.10. The fraction of sp³-hybridized carbons (Fsp3) is 0.0952. The fourth-order valence-electron chi connectivity index (χ4n) is 2.62. The number of carbonyl (C=O) groups is 1. The largest absolute Gasteiger partial charge is 0.479 e. The van der Waals surface area contributed by atoms with Crippen molar-refractivity contribution in [2.24, 2.45) is 0 Å². The van der Waals surface area contributed by atoms with Crippen LogP contribution in [0.3, 0.4) is 0 Å². The maximum atomic E-state index is 12.4. The quantitative estimate of drug-likeness (QED) is 0.478. The molecule has 140 valence electrons. The van der Waals surface area contributed by atoms with Crippen molar-refractivity contribution in [1.82, 2.24) is 9.97 Å². The van der Waals surface area contributed by atoms with Crippen LogP contribution < -0.4 is 10.1 Å². The highest BCUT2D eigenvalue weighted by Gasteiger charge is 2.16. The van der Waals surface area contributed by atoms with Crippen LogP contribution in [0.2, 0.25) is 5.02 Å². The number of nitrogens with zero attached hydrogens (tertiary/aromatic N) is 2. The Labute approximate surface area is 171 Å². The number of para-hydroxylation sites is 1. The monoisotopic (exact) mass is 409 g/mol. The molecule has 2 aromatic carbocycles. The molecule has 4 aromatic rings. The van der Waals surface area contributed by atoms with Gasteiger partial charge in [0.1, 0.15) is 21.1 Å². The number of rotatable bonds is 5. The van der Waals surface area contributed by atoms with Crippen molar-refractivity contribution in [2.45, 2.75) is 13.0 Å². The van der Waals surface area contributed by atoms with E-state index >= 15 is 0 Å². The Morgan fingerprint density at radius 3 is 2.64 bits per heavy atom. The van der Waals surface area contributed by atoms with Crippen LogP contribution in [-0.4, -0.2) is 22.0 Å². The number of pyridine rings is 1. The molecule has 0 aliphatic rings. The Hall–Kier alpha value is -2.96. The first-order valence-corrected chi connectivity index (χ1v) is 9.83. The predicted molar refractivity (Wildman–Crippen MR) is 113 cm³/mol. The molecular formula is C21H16ClN3O2S. The standard InChI is InChI=1S/C21H16ClN3O2S/c1-13(27-18-7-3-2-5-16(18)22)19(26)24-15-10-8-14(9-11-15)20-25-17-6-4-12-23-21(17)28-20/h2-13H,1H3,(H,24,26). The van der Waals surface area contributed by atoms with Gasteiger partial charge in [0.15, 0.2) is 6.10 Å². The van der Waals surface area contributed by atoms with E-state index in [1.807, 2.05) is 48.5 Å². The van der Waals surface area contributed by atoms with Gasteiger partial charge in [0.25, 0.3) is 5.91 Å². The van der Waals surface area contributed by atoms with Crippen molar-refractivity contribution in [3.63, 3.8) is 0 Å². The van der Waals surface area contributed by atoms with Crippen LogP contribution >= 0.6 is 22.9 Å². The van der Waals surface area contributed by atoms with E-state index in [9.17, 15) is 4.79 Å². The Balaban J connectivity index is 1.43. The smallest absolute Gasteiger partial charge is 0.265 e. The Bertz CT molecular complexity index is 1090. The third kappa shape index (κ3) is 3.98. The Kier molecular flexibility index (Phi) is 5.23. The number of aromatic nitrogens is 2. The highest BCUT2D eigenvalue weighted by molar-refractivity contribution is 7.21. The molecule has 0 saturated carbocycles. The van der Waals surface area contributed by atoms with E-state index in [2.05, 4.69) is 15.3 Å². The molecule has 2 heterocycles. The molecule has 1 atom stereocenters. The number of hydrogen-bond acceptors (Lipinski definition) is 5. The van der Waals surface area contributed by atoms with E-state index in [1.165, 1.54) is 11.3 Å². The molecule has 0 fully saturated rings. The fourth-order valence-corrected chi connectivity index (χ4v) is 3.71. The maximum Gasteiger partial charge on any atom is 0.265 e. The lowest BCUT2D eigenvalue weighted by molar-refractivity contribution is -0.122. The number of anilines is 1. The molecule has 2 aromatic heterocycles. The van der Waals surface area contributed by atoms with Crippen LogP contribution in [0.5, 0.6) is 5.75 Å². The first-order chi connectivity index (χ1) is 13.6. The third-order valence-corrected chi connectivity index (χ3v) is 5.42. The van der Waals surface area contributed by atoms with Gasteiger partial charge >= 0.3 is 0 Å². The van der Waals surface area contributed by atoms with E-state index in [0.29, 0.717) is 16.5 Å². The van der Waals surface area contributed by atoms with Gasteiger partial charge in [-0.1, -0.05) is 35.1 Å². The summed E-state index contributed by atoms with van der Waals surface area (Å²) in [5, 5.41) is 4.21. The summed E-state index contributed by atoms with van der Waals surface area (Å²) >= 11 is 7.61. The molecule has 0 bridgehead atoms. The molecule has 1 amide bonds. The number of benzene rings is 2. The van der Waals surface area contributed by atoms with Crippen molar-refractivity contribution < 1.29 is 9.53 Å². The van der Waals surface area contributed by atoms with Gasteiger partial charge in [-0.2, -0.15) is 0 Å². The first-order valence-electron chi connectivity index (χ1n) is 8.64. The van der Waals surface area contributed by atoms with Gasteiger partial charge in [-0.25, -0.2) is 9.97 Å². The average molecular weight is 410 g/mol. The summed E-state index contributed by atoms with van der Waals surface area (Å²) in [6.07, 6.45) is 1.07. The number of nitrogens with one attached hydrogen (secondary N) is 1. The zero-order valence-corrected chi connectivity index (χ0v) is 16.5. The number of thiazole rings is 1. The number of halogens is 1. The van der Waals surface area contributed by atoms with Crippen LogP contribution in [-0.2, 0) is 4.79 Å². The maximum absolute atomic E-state index is 12.4. The summed E-state index contributed by atoms with van der Waals surface area (Å²) in [6, 6.07) is 18.4. The van der Waals surface area contributed by atoms with Crippen molar-refractivity contribution in [1.29, 1.82) is 0 Å². The highest BCUT2D eigenvalue weighted by atomic mass is 35.5. The molecule has 0 aliphatic heterocycles. The second kappa shape index (κ2) is 7.96. The van der Waals surface area contributed by atoms with Gasteiger partial charge in [0.2, 0.25) is 0 Å². The van der Waals surface area contributed by atoms with Crippen LogP contribution in [0.1, 0.15) is 6.92 Å². The van der Waals surface area contributed by atoms with Gasteiger partial charge in [0.05, 0.1) is 5.02 Å². The van der Waals surface area contributed by atoms with Crippen molar-refractivity contribution >= 4 is 44.9 Å². The lowest BCUT2D eigenvalue weighted by Gasteiger charge is -2.15. The summed E-state index contributed by atoms with van der Waals surface area (Å²) in [5.74, 6) is 0.225. The van der Waals surface area contributed by atoms with Crippen LogP contribution in [0, 0.1) is 0 Å². The lowest BCUT2D eigenvalue weighted by atomic mass is 10.2. The number of ether oxygens (including phenoxy) is 1. The minimum absolute atomic E-state index is 0.253. The van der Waals surface area contributed by atoms with Crippen molar-refractivity contribution in [3.05, 3.63) is 71.9 Å². The Morgan fingerprint density at radius 2 is 1.89 bits per heavy atom. The molecular weight excluding hydrogens is 394 g/mol. The number of hydrogen-bond donors (Lipinski definition) is 1. The van der Waals surface area contributed by atoms with E-state index < -0.39 is 6.10 Å². The van der Waals surface area contributed by atoms with Gasteiger partial charge in [-0.15, -0.1) is 0 Å². The third-order valence-electron chi connectivity index (χ3n) is 4.08. The minimum Gasteiger partial charge on any atom is -0.479 e. The molecule has 5 nitrogen and oxygen atoms in total. The van der Waals surface area contributed by atoms with Gasteiger partial charge in [-0.3, -0.25) is 4.79 Å². The molecule has 28 heavy (non-hydrogen) atoms. The number of fused-ring (bicyclic) bond motifs is 1. The summed E-state index contributed by atoms with van der Waals surface area (Å²) in [7, 11) is 0. The van der Waals surface area contributed by atoms with Crippen molar-refractivity contribution in [3.8, 4) is 16.3 Å². The van der Waals surface area contributed by atoms with Crippen LogP contribution in [0.25, 0.3) is 20.9 Å². The van der Waals surface area contributed by atoms with Gasteiger partial charge < -0.3 is 10.1 Å². The molecule has 7 heteroatoms. The summed E-state index contributed by atoms with van der Waals surface area (Å²) in [6.45, 7) is 1.68. The molecule has 0 spiro atoms. The SMILES string of the molecule is CC(Oc1ccccc1Cl)C(=O)Nc1ccc(-c2nc3cccnc3s2)cc1. The van der Waals surface area contributed by atoms with Crippen molar-refractivity contribution in [2.75, 3.05) is 5.32 Å². The summed E-state index contributed by atoms with van der Waals surface area (Å²) in [4.78, 5) is 22.2. The molecule has 1 unspecified atom stereocenters. The normalized spacial score (nSPS) is 11.9. The molecule has 0 aliphatic carbocycles. The zero-order chi connectivity index (χ0) is 19.5. The van der Waals surface area contributed by atoms with E-state index in [0.717, 1.165) is 20.9 Å². The topological polar surface area (TPSA) is 64.1 Å². The van der Waals surface area contributed by atoms with E-state index in [-0.39, 0.29) is 5.91 Å². The highest BCUT2D eigenvalue weighted by Crippen LogP contribution is 2.29. The molecule has 1 N–H and O–H groups in total. The lowest BCUT2D eigenvalue weighted by Crippen LogP contribution is -2.30. The molecule has 4 rings (SSSR count). The Morgan fingerprint density at radius 1 is 1.11 bits per heavy atom. The summed E-state index contributed by atoms with van der Waals surface area (Å²) < 4.78 is 5.65. The summed E-state index contributed by atoms with van der Waals surface area (Å²) in [5.41, 5.74) is 2.54. The van der Waals surface area contributed by atoms with E-state index in [4.69, 9.17) is 16.3 Å². The average Bonchev–Trinajstić information content (AvgIpc) is 3.14. The second-order valence-corrected chi connectivity index (χ2v) is 7.49. The first kappa shape index (κ1) is 18.4. The molecule has 0 saturated heterocycles. The van der Waals surface area contributed by atoms with Gasteiger partial charge in [0, 0.05) is 17.4 Å². The minimum atomic E-state index is -0.685. The number of carbonyl (C=O) groups excluding carboxylic acids is 1. The zero-order valence-electron chi connectivity index (χ0n) is 14.9. The van der Waals surface area contributed by atoms with E-state index in [1.54, 1.807) is 25.3 Å². The number of amides is 1. The van der Waals surface area contributed by atoms with Gasteiger partial charge in [-0.05, 0) is 55.5 Å². The van der Waals surface area contributed by atoms with Crippen LogP contribution in [0.4, 0.5) is 5.69 Å². The molecule has 0 radical (unpaired) electrons. The van der Waals surface area contributed by atoms with Crippen LogP contribution in [0.15, 0.2) is 66.9 Å². The predicted octanol–water partition coefficient (Wildman–Crippen LogP) is 5.42.